The molecule has 1 aromatic heterocycles. The first-order valence-corrected chi connectivity index (χ1v) is 17.5. The zero-order valence-corrected chi connectivity index (χ0v) is 25.3. The van der Waals surface area contributed by atoms with Gasteiger partial charge in [0, 0.05) is 9.75 Å². The Labute approximate surface area is 203 Å². The van der Waals surface area contributed by atoms with Gasteiger partial charge >= 0.3 is 0 Å². The first kappa shape index (κ1) is 29.6. The highest BCUT2D eigenvalue weighted by Gasteiger charge is 2.30. The third kappa shape index (κ3) is 10.6. The van der Waals surface area contributed by atoms with E-state index in [1.807, 2.05) is 20.4 Å². The Bertz CT molecular complexity index is 530. The van der Waals surface area contributed by atoms with Gasteiger partial charge < -0.3 is 0 Å². The maximum atomic E-state index is 2.45. The summed E-state index contributed by atoms with van der Waals surface area (Å²) in [6.07, 6.45) is 13.7. The van der Waals surface area contributed by atoms with E-state index in [1.165, 1.54) is 63.2 Å². The summed E-state index contributed by atoms with van der Waals surface area (Å²) < 4.78 is 0. The molecule has 0 fully saturated rings. The third-order valence-corrected chi connectivity index (χ3v) is 14.2. The van der Waals surface area contributed by atoms with Crippen LogP contribution in [0.5, 0.6) is 0 Å². The Morgan fingerprint density at radius 1 is 0.548 bits per heavy atom. The molecule has 0 aromatic carbocycles. The molecule has 0 bridgehead atoms. The molecular weight excluding hydrogens is 430 g/mol. The van der Waals surface area contributed by atoms with Crippen LogP contribution in [0.1, 0.15) is 105 Å². The summed E-state index contributed by atoms with van der Waals surface area (Å²) in [5, 5.41) is 3.88. The molecule has 1 heterocycles. The average Bonchev–Trinajstić information content (AvgIpc) is 3.00. The average molecular weight is 485 g/mol. The highest BCUT2D eigenvalue weighted by molar-refractivity contribution is 7.73. The fourth-order valence-electron chi connectivity index (χ4n) is 4.45. The molecule has 0 N–H and O–H groups in total. The Balaban J connectivity index is 3.68. The summed E-state index contributed by atoms with van der Waals surface area (Å²) in [6, 6.07) is 0. The molecule has 0 spiro atoms. The van der Waals surface area contributed by atoms with Gasteiger partial charge in [0.15, 0.2) is 0 Å². The lowest BCUT2D eigenvalue weighted by molar-refractivity contribution is 0.719. The van der Waals surface area contributed by atoms with E-state index >= 15 is 0 Å². The van der Waals surface area contributed by atoms with Crippen molar-refractivity contribution in [3.63, 3.8) is 0 Å². The summed E-state index contributed by atoms with van der Waals surface area (Å²) >= 11 is 2.26. The standard InChI is InChI=1S/C28H54P2S/c1-11-13-15-25-27(29(17-21(3)4)18-22(5)6)28(26(31-25)16-14-12-2)30(19-23(7)8)20-24(9)10/h21-24H,11-20H2,1-10H3. The van der Waals surface area contributed by atoms with Crippen LogP contribution in [0.25, 0.3) is 0 Å². The first-order chi connectivity index (χ1) is 14.6. The zero-order valence-electron chi connectivity index (χ0n) is 22.7. The highest BCUT2D eigenvalue weighted by Crippen LogP contribution is 2.48. The van der Waals surface area contributed by atoms with Crippen molar-refractivity contribution in [3.8, 4) is 0 Å². The van der Waals surface area contributed by atoms with Crippen molar-refractivity contribution in [1.82, 2.24) is 0 Å². The summed E-state index contributed by atoms with van der Waals surface area (Å²) in [7, 11) is -0.0856. The van der Waals surface area contributed by atoms with Crippen molar-refractivity contribution < 1.29 is 0 Å². The lowest BCUT2D eigenvalue weighted by Crippen LogP contribution is -2.29. The van der Waals surface area contributed by atoms with Crippen molar-refractivity contribution in [1.29, 1.82) is 0 Å². The van der Waals surface area contributed by atoms with Crippen LogP contribution in [0.15, 0.2) is 0 Å². The topological polar surface area (TPSA) is 0 Å². The van der Waals surface area contributed by atoms with Gasteiger partial charge in [0.25, 0.3) is 0 Å². The van der Waals surface area contributed by atoms with E-state index in [2.05, 4.69) is 80.6 Å². The lowest BCUT2D eigenvalue weighted by atomic mass is 10.2. The lowest BCUT2D eigenvalue weighted by Gasteiger charge is -2.29. The van der Waals surface area contributed by atoms with E-state index in [9.17, 15) is 0 Å². The number of hydrogen-bond donors (Lipinski definition) is 0. The van der Waals surface area contributed by atoms with Gasteiger partial charge in [0.05, 0.1) is 0 Å². The fourth-order valence-corrected chi connectivity index (χ4v) is 14.0. The molecule has 0 unspecified atom stereocenters. The summed E-state index contributed by atoms with van der Waals surface area (Å²) in [5.74, 6) is 3.21. The number of thiophene rings is 1. The number of rotatable bonds is 16. The number of unbranched alkanes of at least 4 members (excludes halogenated alkanes) is 2. The molecule has 0 radical (unpaired) electrons. The molecular formula is C28H54P2S. The van der Waals surface area contributed by atoms with Crippen molar-refractivity contribution in [3.05, 3.63) is 9.75 Å². The first-order valence-electron chi connectivity index (χ1n) is 13.2. The molecule has 182 valence electrons. The molecule has 0 amide bonds. The predicted molar refractivity (Wildman–Crippen MR) is 153 cm³/mol. The summed E-state index contributed by atoms with van der Waals surface area (Å²) in [4.78, 5) is 3.63. The Hall–Kier alpha value is 0.560. The van der Waals surface area contributed by atoms with E-state index in [4.69, 9.17) is 0 Å². The number of aryl methyl sites for hydroxylation is 2. The van der Waals surface area contributed by atoms with Gasteiger partial charge in [-0.2, -0.15) is 0 Å². The van der Waals surface area contributed by atoms with Crippen LogP contribution in [0, 0.1) is 23.7 Å². The largest absolute Gasteiger partial charge is 0.144 e. The quantitative estimate of drug-likeness (QED) is 0.205. The zero-order chi connectivity index (χ0) is 23.6. The monoisotopic (exact) mass is 484 g/mol. The molecule has 0 nitrogen and oxygen atoms in total. The molecule has 31 heavy (non-hydrogen) atoms. The van der Waals surface area contributed by atoms with Gasteiger partial charge in [-0.05, 0) is 84.6 Å². The van der Waals surface area contributed by atoms with Crippen LogP contribution < -0.4 is 10.6 Å². The predicted octanol–water partition coefficient (Wildman–Crippen LogP) is 9.27. The van der Waals surface area contributed by atoms with Crippen LogP contribution in [0.4, 0.5) is 0 Å². The van der Waals surface area contributed by atoms with Crippen molar-refractivity contribution in [2.75, 3.05) is 24.6 Å². The third-order valence-electron chi connectivity index (χ3n) is 5.49. The van der Waals surface area contributed by atoms with Gasteiger partial charge in [0.2, 0.25) is 0 Å². The van der Waals surface area contributed by atoms with Crippen molar-refractivity contribution in [2.24, 2.45) is 23.7 Å². The molecule has 3 heteroatoms. The molecule has 0 aliphatic carbocycles. The van der Waals surface area contributed by atoms with E-state index in [1.54, 1.807) is 0 Å². The van der Waals surface area contributed by atoms with E-state index in [0.29, 0.717) is 0 Å². The van der Waals surface area contributed by atoms with Crippen molar-refractivity contribution >= 4 is 37.8 Å². The van der Waals surface area contributed by atoms with E-state index < -0.39 is 0 Å². The van der Waals surface area contributed by atoms with Gasteiger partial charge in [-0.1, -0.05) is 97.9 Å². The minimum absolute atomic E-state index is 0.0428. The van der Waals surface area contributed by atoms with Gasteiger partial charge in [0.1, 0.15) is 0 Å². The van der Waals surface area contributed by atoms with Gasteiger partial charge in [-0.25, -0.2) is 0 Å². The fraction of sp³-hybridized carbons (Fsp3) is 0.857. The molecule has 0 aliphatic rings. The molecule has 0 atom stereocenters. The summed E-state index contributed by atoms with van der Waals surface area (Å²) in [5.41, 5.74) is 0. The Morgan fingerprint density at radius 2 is 0.839 bits per heavy atom. The normalized spacial score (nSPS) is 12.6. The van der Waals surface area contributed by atoms with Crippen molar-refractivity contribution in [2.45, 2.75) is 108 Å². The minimum atomic E-state index is -0.0428. The van der Waals surface area contributed by atoms with Crippen LogP contribution in [0.3, 0.4) is 0 Å². The van der Waals surface area contributed by atoms with Gasteiger partial charge in [-0.15, -0.1) is 11.3 Å². The molecule has 0 saturated heterocycles. The molecule has 1 rings (SSSR count). The van der Waals surface area contributed by atoms with E-state index in [-0.39, 0.29) is 15.8 Å². The summed E-state index contributed by atoms with van der Waals surface area (Å²) in [6.45, 7) is 24.4. The highest BCUT2D eigenvalue weighted by atomic mass is 32.1. The maximum Gasteiger partial charge on any atom is 0.0132 e. The smallest absolute Gasteiger partial charge is 0.0132 e. The number of hydrogen-bond acceptors (Lipinski definition) is 1. The minimum Gasteiger partial charge on any atom is -0.144 e. The second-order valence-electron chi connectivity index (χ2n) is 11.2. The molecule has 1 aromatic rings. The second-order valence-corrected chi connectivity index (χ2v) is 16.9. The Morgan fingerprint density at radius 3 is 1.06 bits per heavy atom. The molecule has 0 saturated carbocycles. The maximum absolute atomic E-state index is 2.45. The van der Waals surface area contributed by atoms with E-state index in [0.717, 1.165) is 23.7 Å². The Kier molecular flexibility index (Phi) is 14.8. The van der Waals surface area contributed by atoms with Gasteiger partial charge in [-0.3, -0.25) is 0 Å². The van der Waals surface area contributed by atoms with Crippen LogP contribution in [-0.4, -0.2) is 24.6 Å². The molecule has 0 aliphatic heterocycles. The van der Waals surface area contributed by atoms with Crippen LogP contribution in [0.2, 0.25) is 0 Å². The SMILES string of the molecule is CCCCc1sc(CCCC)c(P(CC(C)C)CC(C)C)c1P(CC(C)C)CC(C)C. The second kappa shape index (κ2) is 15.5. The van der Waals surface area contributed by atoms with Crippen LogP contribution >= 0.6 is 27.2 Å². The van der Waals surface area contributed by atoms with Crippen LogP contribution in [-0.2, 0) is 12.8 Å².